The van der Waals surface area contributed by atoms with Gasteiger partial charge in [-0.25, -0.2) is 9.78 Å². The van der Waals surface area contributed by atoms with Crippen LogP contribution < -0.4 is 5.73 Å². The molecule has 0 unspecified atom stereocenters. The van der Waals surface area contributed by atoms with Gasteiger partial charge in [0.2, 0.25) is 0 Å². The molecular weight excluding hydrogens is 461 g/mol. The molecule has 33 heavy (non-hydrogen) atoms. The molecule has 4 rings (SSSR count). The number of aromatic carboxylic acids is 1. The lowest BCUT2D eigenvalue weighted by Crippen LogP contribution is -2.35. The summed E-state index contributed by atoms with van der Waals surface area (Å²) in [5, 5.41) is 9.60. The normalized spacial score (nSPS) is 19.0. The van der Waals surface area contributed by atoms with E-state index in [-0.39, 0.29) is 30.2 Å². The molecule has 1 saturated heterocycles. The van der Waals surface area contributed by atoms with E-state index in [2.05, 4.69) is 4.98 Å². The highest BCUT2D eigenvalue weighted by Crippen LogP contribution is 2.35. The second-order valence-electron chi connectivity index (χ2n) is 7.96. The van der Waals surface area contributed by atoms with Crippen LogP contribution >= 0.6 is 11.3 Å². The summed E-state index contributed by atoms with van der Waals surface area (Å²) < 4.78 is 43.4. The summed E-state index contributed by atoms with van der Waals surface area (Å²) in [6.45, 7) is 5.89. The van der Waals surface area contributed by atoms with Crippen LogP contribution in [-0.2, 0) is 24.1 Å². The fraction of sp³-hybridized carbons (Fsp3) is 0.571. The standard InChI is InChI=1S/C14H18N2O4.C7H9F3N2S/c1-9-3-2-4-15(9)13(17)11-7-10(14(18)19)12-8-20-6-5-16(11)12;1-2-4(11)6-12-3-5(13-6)7(8,9)10/h7,9H,2-6,8H2,1H3,(H,18,19);3-4H,2,11H2,1H3/t9-;4-/m01/s1. The van der Waals surface area contributed by atoms with E-state index in [1.54, 1.807) is 11.5 Å². The number of nitrogens with two attached hydrogens (primary N) is 1. The largest absolute Gasteiger partial charge is 0.478 e. The summed E-state index contributed by atoms with van der Waals surface area (Å²) in [4.78, 5) is 28.7. The predicted molar refractivity (Wildman–Crippen MR) is 115 cm³/mol. The summed E-state index contributed by atoms with van der Waals surface area (Å²) in [5.74, 6) is -1.07. The molecule has 2 aliphatic heterocycles. The monoisotopic (exact) mass is 488 g/mol. The molecule has 2 atom stereocenters. The van der Waals surface area contributed by atoms with E-state index in [1.807, 2.05) is 11.8 Å². The second kappa shape index (κ2) is 10.2. The molecule has 0 spiro atoms. The first-order valence-electron chi connectivity index (χ1n) is 10.7. The molecule has 182 valence electrons. The highest BCUT2D eigenvalue weighted by atomic mass is 32.1. The predicted octanol–water partition coefficient (Wildman–Crippen LogP) is 3.91. The molecule has 0 aliphatic carbocycles. The number of carboxylic acid groups (broad SMARTS) is 1. The summed E-state index contributed by atoms with van der Waals surface area (Å²) in [7, 11) is 0. The molecule has 0 saturated carbocycles. The molecule has 8 nitrogen and oxygen atoms in total. The number of thiazole rings is 1. The molecule has 2 aliphatic rings. The average Bonchev–Trinajstić information content (AvgIpc) is 3.50. The Morgan fingerprint density at radius 3 is 2.67 bits per heavy atom. The number of halogens is 3. The van der Waals surface area contributed by atoms with Crippen LogP contribution in [0.25, 0.3) is 0 Å². The van der Waals surface area contributed by atoms with Crippen LogP contribution in [0.3, 0.4) is 0 Å². The van der Waals surface area contributed by atoms with Crippen LogP contribution in [0.5, 0.6) is 0 Å². The number of rotatable bonds is 4. The van der Waals surface area contributed by atoms with Crippen LogP contribution in [0, 0.1) is 0 Å². The number of likely N-dealkylation sites (tertiary alicyclic amines) is 1. The first-order chi connectivity index (χ1) is 15.5. The zero-order valence-corrected chi connectivity index (χ0v) is 19.2. The van der Waals surface area contributed by atoms with Gasteiger partial charge in [0.05, 0.1) is 36.7 Å². The van der Waals surface area contributed by atoms with Gasteiger partial charge in [-0.15, -0.1) is 11.3 Å². The lowest BCUT2D eigenvalue weighted by molar-refractivity contribution is -0.134. The first-order valence-corrected chi connectivity index (χ1v) is 11.5. The molecule has 2 aromatic rings. The van der Waals surface area contributed by atoms with E-state index in [0.717, 1.165) is 25.6 Å². The van der Waals surface area contributed by atoms with Crippen molar-refractivity contribution in [3.63, 3.8) is 0 Å². The fourth-order valence-corrected chi connectivity index (χ4v) is 4.70. The number of hydrogen-bond acceptors (Lipinski definition) is 6. The van der Waals surface area contributed by atoms with Gasteiger partial charge < -0.3 is 25.0 Å². The quantitative estimate of drug-likeness (QED) is 0.675. The fourth-order valence-electron chi connectivity index (χ4n) is 3.83. The molecule has 1 fully saturated rings. The highest BCUT2D eigenvalue weighted by Gasteiger charge is 2.34. The maximum Gasteiger partial charge on any atom is 0.427 e. The Bertz CT molecular complexity index is 1000. The molecule has 3 N–H and O–H groups in total. The Balaban J connectivity index is 0.000000205. The zero-order chi connectivity index (χ0) is 24.3. The number of carboxylic acids is 1. The van der Waals surface area contributed by atoms with E-state index in [0.29, 0.717) is 47.3 Å². The van der Waals surface area contributed by atoms with Crippen molar-refractivity contribution in [2.75, 3.05) is 13.2 Å². The highest BCUT2D eigenvalue weighted by molar-refractivity contribution is 7.11. The molecule has 4 heterocycles. The van der Waals surface area contributed by atoms with E-state index in [1.165, 1.54) is 6.07 Å². The van der Waals surface area contributed by atoms with Gasteiger partial charge >= 0.3 is 12.1 Å². The third kappa shape index (κ3) is 5.56. The Hall–Kier alpha value is -2.44. The van der Waals surface area contributed by atoms with Crippen molar-refractivity contribution in [3.05, 3.63) is 39.1 Å². The average molecular weight is 489 g/mol. The second-order valence-corrected chi connectivity index (χ2v) is 9.03. The van der Waals surface area contributed by atoms with Gasteiger partial charge in [0.25, 0.3) is 5.91 Å². The Morgan fingerprint density at radius 1 is 1.39 bits per heavy atom. The van der Waals surface area contributed by atoms with Gasteiger partial charge in [-0.2, -0.15) is 13.2 Å². The summed E-state index contributed by atoms with van der Waals surface area (Å²) in [6.07, 6.45) is -0.868. The molecule has 12 heteroatoms. The number of alkyl halides is 3. The third-order valence-corrected chi connectivity index (χ3v) is 6.90. The summed E-state index contributed by atoms with van der Waals surface area (Å²) in [6, 6.07) is 1.34. The Morgan fingerprint density at radius 2 is 2.12 bits per heavy atom. The minimum atomic E-state index is -4.30. The SMILES string of the molecule is CC[C@@H](N)c1ncc(C(F)(F)F)s1.C[C@H]1CCCN1C(=O)c1cc(C(=O)O)c2n1CCOC2. The van der Waals surface area contributed by atoms with Crippen molar-refractivity contribution < 1.29 is 32.6 Å². The van der Waals surface area contributed by atoms with Crippen LogP contribution in [0.4, 0.5) is 13.2 Å². The van der Waals surface area contributed by atoms with Crippen LogP contribution in [0.2, 0.25) is 0 Å². The zero-order valence-electron chi connectivity index (χ0n) is 18.4. The number of ether oxygens (including phenoxy) is 1. The number of hydrogen-bond donors (Lipinski definition) is 2. The van der Waals surface area contributed by atoms with E-state index < -0.39 is 17.0 Å². The molecule has 1 amide bonds. The van der Waals surface area contributed by atoms with Crippen molar-refractivity contribution in [1.82, 2.24) is 14.5 Å². The molecule has 2 aromatic heterocycles. The van der Waals surface area contributed by atoms with Crippen molar-refractivity contribution >= 4 is 23.2 Å². The van der Waals surface area contributed by atoms with Gasteiger partial charge in [-0.05, 0) is 32.3 Å². The van der Waals surface area contributed by atoms with Gasteiger partial charge in [0, 0.05) is 19.1 Å². The number of nitrogens with zero attached hydrogens (tertiary/aromatic N) is 3. The van der Waals surface area contributed by atoms with E-state index in [9.17, 15) is 27.9 Å². The number of carbonyl (C=O) groups excluding carboxylic acids is 1. The molecule has 0 radical (unpaired) electrons. The first kappa shape index (κ1) is 25.2. The summed E-state index contributed by atoms with van der Waals surface area (Å²) in [5.41, 5.74) is 6.79. The Kier molecular flexibility index (Phi) is 7.80. The number of aromatic nitrogens is 2. The van der Waals surface area contributed by atoms with Gasteiger partial charge in [0.15, 0.2) is 0 Å². The van der Waals surface area contributed by atoms with Gasteiger partial charge in [-0.3, -0.25) is 4.79 Å². The lowest BCUT2D eigenvalue weighted by Gasteiger charge is -2.24. The van der Waals surface area contributed by atoms with Gasteiger partial charge in [0.1, 0.15) is 15.6 Å². The third-order valence-electron chi connectivity index (χ3n) is 5.73. The molecular formula is C21H27F3N4O4S. The number of carbonyl (C=O) groups is 2. The minimum Gasteiger partial charge on any atom is -0.478 e. The van der Waals surface area contributed by atoms with Crippen molar-refractivity contribution in [2.24, 2.45) is 5.73 Å². The maximum absolute atomic E-state index is 12.6. The van der Waals surface area contributed by atoms with Crippen molar-refractivity contribution in [2.45, 2.75) is 64.5 Å². The maximum atomic E-state index is 12.6. The van der Waals surface area contributed by atoms with Crippen LogP contribution in [-0.4, -0.2) is 50.6 Å². The summed E-state index contributed by atoms with van der Waals surface area (Å²) >= 11 is 0.611. The van der Waals surface area contributed by atoms with Crippen molar-refractivity contribution in [3.8, 4) is 0 Å². The lowest BCUT2D eigenvalue weighted by atomic mass is 10.2. The smallest absolute Gasteiger partial charge is 0.427 e. The van der Waals surface area contributed by atoms with E-state index in [4.69, 9.17) is 10.5 Å². The van der Waals surface area contributed by atoms with Crippen molar-refractivity contribution in [1.29, 1.82) is 0 Å². The van der Waals surface area contributed by atoms with E-state index >= 15 is 0 Å². The minimum absolute atomic E-state index is 0.0642. The topological polar surface area (TPSA) is 111 Å². The van der Waals surface area contributed by atoms with Gasteiger partial charge in [-0.1, -0.05) is 6.92 Å². The van der Waals surface area contributed by atoms with Crippen LogP contribution in [0.1, 0.15) is 75.6 Å². The Labute approximate surface area is 193 Å². The molecule has 0 bridgehead atoms. The number of amides is 1. The number of fused-ring (bicyclic) bond motifs is 1. The molecule has 0 aromatic carbocycles. The van der Waals surface area contributed by atoms with Crippen LogP contribution in [0.15, 0.2) is 12.3 Å².